The Labute approximate surface area is 223 Å². The van der Waals surface area contributed by atoms with E-state index in [0.29, 0.717) is 32.0 Å². The third-order valence-corrected chi connectivity index (χ3v) is 5.43. The molecule has 0 aliphatic rings. The van der Waals surface area contributed by atoms with Gasteiger partial charge in [-0.25, -0.2) is 0 Å². The Morgan fingerprint density at radius 2 is 1.32 bits per heavy atom. The Morgan fingerprint density at radius 1 is 0.703 bits per heavy atom. The lowest BCUT2D eigenvalue weighted by molar-refractivity contribution is -0.143. The predicted molar refractivity (Wildman–Crippen MR) is 148 cm³/mol. The minimum Gasteiger partial charge on any atom is -0.490 e. The lowest BCUT2D eigenvalue weighted by Gasteiger charge is -2.11. The zero-order valence-electron chi connectivity index (χ0n) is 20.7. The van der Waals surface area contributed by atoms with E-state index in [4.69, 9.17) is 26.4 Å². The molecule has 194 valence electrons. The van der Waals surface area contributed by atoms with E-state index in [1.165, 1.54) is 5.56 Å². The SMILES string of the molecule is O=C(CCCC(=O)OCCCc1ccccc1)NC(=S)Nc1ccc(OCCOc2ccccc2)cc1. The number of benzene rings is 3. The Kier molecular flexibility index (Phi) is 11.9. The Bertz CT molecular complexity index is 1110. The van der Waals surface area contributed by atoms with Crippen molar-refractivity contribution in [1.29, 1.82) is 0 Å². The van der Waals surface area contributed by atoms with E-state index in [1.54, 1.807) is 24.3 Å². The molecular weight excluding hydrogens is 488 g/mol. The van der Waals surface area contributed by atoms with Crippen LogP contribution in [0.4, 0.5) is 5.69 Å². The van der Waals surface area contributed by atoms with Crippen molar-refractivity contribution in [1.82, 2.24) is 5.32 Å². The van der Waals surface area contributed by atoms with E-state index in [0.717, 1.165) is 24.3 Å². The number of anilines is 1. The molecule has 0 saturated heterocycles. The van der Waals surface area contributed by atoms with Gasteiger partial charge in [0.05, 0.1) is 6.61 Å². The second-order valence-corrected chi connectivity index (χ2v) is 8.61. The van der Waals surface area contributed by atoms with Gasteiger partial charge >= 0.3 is 5.97 Å². The monoisotopic (exact) mass is 520 g/mol. The fourth-order valence-electron chi connectivity index (χ4n) is 3.39. The summed E-state index contributed by atoms with van der Waals surface area (Å²) in [5.74, 6) is 0.947. The van der Waals surface area contributed by atoms with Crippen LogP contribution in [0.25, 0.3) is 0 Å². The van der Waals surface area contributed by atoms with Crippen LogP contribution in [-0.4, -0.2) is 36.8 Å². The smallest absolute Gasteiger partial charge is 0.305 e. The first-order chi connectivity index (χ1) is 18.1. The van der Waals surface area contributed by atoms with Crippen LogP contribution in [0.15, 0.2) is 84.9 Å². The van der Waals surface area contributed by atoms with Crippen LogP contribution < -0.4 is 20.1 Å². The number of carbonyl (C=O) groups is 2. The fraction of sp³-hybridized carbons (Fsp3) is 0.276. The van der Waals surface area contributed by atoms with E-state index in [2.05, 4.69) is 10.6 Å². The molecule has 0 spiro atoms. The van der Waals surface area contributed by atoms with Gasteiger partial charge in [-0.2, -0.15) is 0 Å². The molecule has 0 atom stereocenters. The van der Waals surface area contributed by atoms with Crippen molar-refractivity contribution < 1.29 is 23.8 Å². The average Bonchev–Trinajstić information content (AvgIpc) is 2.91. The Balaban J connectivity index is 1.23. The highest BCUT2D eigenvalue weighted by Gasteiger charge is 2.08. The van der Waals surface area contributed by atoms with Gasteiger partial charge in [0.15, 0.2) is 5.11 Å². The maximum absolute atomic E-state index is 12.1. The van der Waals surface area contributed by atoms with Gasteiger partial charge in [0, 0.05) is 18.5 Å². The molecule has 0 bridgehead atoms. The number of amides is 1. The zero-order chi connectivity index (χ0) is 26.1. The number of aryl methyl sites for hydroxylation is 1. The van der Waals surface area contributed by atoms with Crippen LogP contribution in [-0.2, 0) is 20.7 Å². The van der Waals surface area contributed by atoms with Crippen LogP contribution in [0.2, 0.25) is 0 Å². The number of carbonyl (C=O) groups excluding carboxylic acids is 2. The third kappa shape index (κ3) is 11.6. The second-order valence-electron chi connectivity index (χ2n) is 8.20. The molecule has 0 heterocycles. The van der Waals surface area contributed by atoms with E-state index in [-0.39, 0.29) is 29.8 Å². The van der Waals surface area contributed by atoms with Gasteiger partial charge in [-0.3, -0.25) is 9.59 Å². The summed E-state index contributed by atoms with van der Waals surface area (Å²) in [7, 11) is 0. The van der Waals surface area contributed by atoms with Gasteiger partial charge in [0.2, 0.25) is 5.91 Å². The van der Waals surface area contributed by atoms with Gasteiger partial charge in [0.1, 0.15) is 24.7 Å². The lowest BCUT2D eigenvalue weighted by atomic mass is 10.1. The van der Waals surface area contributed by atoms with Gasteiger partial charge in [-0.15, -0.1) is 0 Å². The first-order valence-electron chi connectivity index (χ1n) is 12.3. The van der Waals surface area contributed by atoms with Crippen LogP contribution in [0.5, 0.6) is 11.5 Å². The van der Waals surface area contributed by atoms with E-state index in [9.17, 15) is 9.59 Å². The summed E-state index contributed by atoms with van der Waals surface area (Å²) >= 11 is 5.21. The molecule has 7 nitrogen and oxygen atoms in total. The van der Waals surface area contributed by atoms with Crippen molar-refractivity contribution in [3.05, 3.63) is 90.5 Å². The molecule has 37 heavy (non-hydrogen) atoms. The highest BCUT2D eigenvalue weighted by molar-refractivity contribution is 7.80. The topological polar surface area (TPSA) is 85.9 Å². The predicted octanol–water partition coefficient (Wildman–Crippen LogP) is 5.30. The number of hydrogen-bond donors (Lipinski definition) is 2. The van der Waals surface area contributed by atoms with Gasteiger partial charge in [0.25, 0.3) is 0 Å². The summed E-state index contributed by atoms with van der Waals surface area (Å²) in [6, 6.07) is 26.8. The highest BCUT2D eigenvalue weighted by Crippen LogP contribution is 2.16. The van der Waals surface area contributed by atoms with Crippen LogP contribution >= 0.6 is 12.2 Å². The minimum absolute atomic E-state index is 0.179. The lowest BCUT2D eigenvalue weighted by Crippen LogP contribution is -2.34. The summed E-state index contributed by atoms with van der Waals surface area (Å²) in [6.07, 6.45) is 2.40. The molecule has 1 amide bonds. The Hall–Kier alpha value is -3.91. The maximum atomic E-state index is 12.1. The summed E-state index contributed by atoms with van der Waals surface area (Å²) in [5.41, 5.74) is 1.94. The number of esters is 1. The number of rotatable bonds is 14. The molecule has 0 unspecified atom stereocenters. The van der Waals surface area contributed by atoms with Crippen molar-refractivity contribution in [3.63, 3.8) is 0 Å². The van der Waals surface area contributed by atoms with Crippen molar-refractivity contribution in [2.75, 3.05) is 25.1 Å². The fourth-order valence-corrected chi connectivity index (χ4v) is 3.63. The molecule has 0 saturated carbocycles. The number of hydrogen-bond acceptors (Lipinski definition) is 6. The number of para-hydroxylation sites is 1. The molecular formula is C29H32N2O5S. The van der Waals surface area contributed by atoms with Gasteiger partial charge in [-0.05, 0) is 73.4 Å². The van der Waals surface area contributed by atoms with E-state index < -0.39 is 0 Å². The van der Waals surface area contributed by atoms with Crippen molar-refractivity contribution in [3.8, 4) is 11.5 Å². The number of thiocarbonyl (C=S) groups is 1. The first kappa shape index (κ1) is 27.7. The second kappa shape index (κ2) is 16.0. The normalized spacial score (nSPS) is 10.3. The molecule has 2 N–H and O–H groups in total. The van der Waals surface area contributed by atoms with Crippen molar-refractivity contribution >= 4 is 34.9 Å². The largest absolute Gasteiger partial charge is 0.490 e. The first-order valence-corrected chi connectivity index (χ1v) is 12.7. The summed E-state index contributed by atoms with van der Waals surface area (Å²) in [6.45, 7) is 1.22. The third-order valence-electron chi connectivity index (χ3n) is 5.23. The molecule has 0 aromatic heterocycles. The summed E-state index contributed by atoms with van der Waals surface area (Å²) in [5, 5.41) is 5.78. The molecule has 0 radical (unpaired) electrons. The Morgan fingerprint density at radius 3 is 2.00 bits per heavy atom. The average molecular weight is 521 g/mol. The molecule has 0 fully saturated rings. The molecule has 3 aromatic carbocycles. The molecule has 8 heteroatoms. The molecule has 3 aromatic rings. The maximum Gasteiger partial charge on any atom is 0.305 e. The standard InChI is InChI=1S/C29H32N2O5S/c32-27(14-7-15-28(33)36-20-8-11-23-9-3-1-4-10-23)31-29(37)30-24-16-18-26(19-17-24)35-22-21-34-25-12-5-2-6-13-25/h1-6,9-10,12-13,16-19H,7-8,11,14-15,20-22H2,(H2,30,31,32,37). The van der Waals surface area contributed by atoms with Gasteiger partial charge in [-0.1, -0.05) is 48.5 Å². The van der Waals surface area contributed by atoms with Crippen LogP contribution in [0.1, 0.15) is 31.2 Å². The van der Waals surface area contributed by atoms with Crippen molar-refractivity contribution in [2.45, 2.75) is 32.1 Å². The van der Waals surface area contributed by atoms with E-state index >= 15 is 0 Å². The van der Waals surface area contributed by atoms with Crippen molar-refractivity contribution in [2.24, 2.45) is 0 Å². The number of nitrogens with one attached hydrogen (secondary N) is 2. The van der Waals surface area contributed by atoms with Crippen LogP contribution in [0.3, 0.4) is 0 Å². The van der Waals surface area contributed by atoms with Crippen LogP contribution in [0, 0.1) is 0 Å². The van der Waals surface area contributed by atoms with Gasteiger partial charge < -0.3 is 24.8 Å². The zero-order valence-corrected chi connectivity index (χ0v) is 21.5. The molecule has 0 aliphatic heterocycles. The number of ether oxygens (including phenoxy) is 3. The quantitative estimate of drug-likeness (QED) is 0.169. The minimum atomic E-state index is -0.296. The molecule has 3 rings (SSSR count). The summed E-state index contributed by atoms with van der Waals surface area (Å²) < 4.78 is 16.5. The van der Waals surface area contributed by atoms with E-state index in [1.807, 2.05) is 60.7 Å². The summed E-state index contributed by atoms with van der Waals surface area (Å²) in [4.78, 5) is 24.0. The molecule has 0 aliphatic carbocycles. The highest BCUT2D eigenvalue weighted by atomic mass is 32.1.